The van der Waals surface area contributed by atoms with E-state index < -0.39 is 15.3 Å². The minimum absolute atomic E-state index is 0.0452. The first-order valence-corrected chi connectivity index (χ1v) is 7.08. The van der Waals surface area contributed by atoms with Gasteiger partial charge in [0.05, 0.1) is 5.75 Å². The van der Waals surface area contributed by atoms with E-state index in [0.29, 0.717) is 11.3 Å². The highest BCUT2D eigenvalue weighted by molar-refractivity contribution is 7.91. The Morgan fingerprint density at radius 2 is 1.94 bits per heavy atom. The molecule has 100 valence electrons. The zero-order valence-corrected chi connectivity index (χ0v) is 10.8. The average Bonchev–Trinajstić information content (AvgIpc) is 2.29. The molecule has 0 heterocycles. The van der Waals surface area contributed by atoms with E-state index >= 15 is 0 Å². The van der Waals surface area contributed by atoms with Crippen molar-refractivity contribution in [3.63, 3.8) is 0 Å². The van der Waals surface area contributed by atoms with Gasteiger partial charge in [0.2, 0.25) is 0 Å². The minimum atomic E-state index is -3.56. The summed E-state index contributed by atoms with van der Waals surface area (Å²) < 4.78 is 22.6. The molecule has 0 fully saturated rings. The van der Waals surface area contributed by atoms with Crippen LogP contribution in [0.2, 0.25) is 0 Å². The summed E-state index contributed by atoms with van der Waals surface area (Å²) in [7, 11) is -3.56. The fraction of sp³-hybridized carbons (Fsp3) is 0.364. The molecule has 1 rings (SSSR count). The lowest BCUT2D eigenvalue weighted by molar-refractivity contribution is 0.0956. The number of rotatable bonds is 5. The van der Waals surface area contributed by atoms with Crippen LogP contribution in [-0.4, -0.2) is 37.2 Å². The van der Waals surface area contributed by atoms with Gasteiger partial charge in [-0.2, -0.15) is 0 Å². The monoisotopic (exact) mass is 272 g/mol. The Balaban J connectivity index is 2.50. The normalized spacial score (nSPS) is 13.0. The van der Waals surface area contributed by atoms with E-state index in [9.17, 15) is 13.2 Å². The number of amides is 1. The molecule has 18 heavy (non-hydrogen) atoms. The highest BCUT2D eigenvalue weighted by Crippen LogP contribution is 2.05. The van der Waals surface area contributed by atoms with Crippen molar-refractivity contribution < 1.29 is 18.3 Å². The summed E-state index contributed by atoms with van der Waals surface area (Å²) in [6.45, 7) is 1.13. The topological polar surface area (TPSA) is 109 Å². The number of anilines is 1. The zero-order valence-electron chi connectivity index (χ0n) is 9.96. The highest BCUT2D eigenvalue weighted by Gasteiger charge is 2.17. The van der Waals surface area contributed by atoms with Gasteiger partial charge in [-0.1, -0.05) is 0 Å². The first-order valence-electron chi connectivity index (χ1n) is 5.36. The Bertz CT molecular complexity index is 508. The molecule has 1 aromatic rings. The van der Waals surface area contributed by atoms with E-state index in [1.54, 1.807) is 24.3 Å². The van der Waals surface area contributed by atoms with Crippen LogP contribution in [0.4, 0.5) is 5.69 Å². The lowest BCUT2D eigenvalue weighted by Crippen LogP contribution is -2.32. The average molecular weight is 272 g/mol. The summed E-state index contributed by atoms with van der Waals surface area (Å²) in [6, 6.07) is 6.27. The Morgan fingerprint density at radius 3 is 2.44 bits per heavy atom. The Kier molecular flexibility index (Phi) is 4.69. The number of carbonyl (C=O) groups is 1. The van der Waals surface area contributed by atoms with Crippen LogP contribution in [0.5, 0.6) is 0 Å². The van der Waals surface area contributed by atoms with Crippen LogP contribution in [0.1, 0.15) is 17.3 Å². The Hall–Kier alpha value is -1.60. The Labute approximate surface area is 106 Å². The van der Waals surface area contributed by atoms with Crippen LogP contribution in [0.15, 0.2) is 24.3 Å². The third kappa shape index (κ3) is 4.01. The number of benzene rings is 1. The first-order chi connectivity index (χ1) is 8.33. The van der Waals surface area contributed by atoms with Crippen LogP contribution >= 0.6 is 0 Å². The van der Waals surface area contributed by atoms with E-state index in [1.807, 2.05) is 0 Å². The lowest BCUT2D eigenvalue weighted by Gasteiger charge is -2.08. The van der Waals surface area contributed by atoms with Crippen molar-refractivity contribution >= 4 is 21.4 Å². The van der Waals surface area contributed by atoms with Crippen LogP contribution in [0, 0.1) is 0 Å². The quantitative estimate of drug-likeness (QED) is 0.640. The molecule has 0 saturated heterocycles. The molecule has 0 saturated carbocycles. The van der Waals surface area contributed by atoms with Crippen molar-refractivity contribution in [2.24, 2.45) is 0 Å². The van der Waals surface area contributed by atoms with Gasteiger partial charge in [-0.05, 0) is 31.2 Å². The molecule has 1 unspecified atom stereocenters. The number of hydrogen-bond donors (Lipinski definition) is 3. The SMILES string of the molecule is CC(O)S(=O)(=O)CCNC(=O)c1ccc(N)cc1. The van der Waals surface area contributed by atoms with Crippen LogP contribution in [0.3, 0.4) is 0 Å². The maximum atomic E-state index is 11.6. The molecule has 4 N–H and O–H groups in total. The predicted octanol–water partition coefficient (Wildman–Crippen LogP) is -0.248. The standard InChI is InChI=1S/C11H16N2O4S/c1-8(14)18(16,17)7-6-13-11(15)9-2-4-10(12)5-3-9/h2-5,8,14H,6-7,12H2,1H3,(H,13,15). The largest absolute Gasteiger partial charge is 0.399 e. The number of aliphatic hydroxyl groups excluding tert-OH is 1. The number of nitrogen functional groups attached to an aromatic ring is 1. The summed E-state index contributed by atoms with van der Waals surface area (Å²) in [6.07, 6.45) is 0. The van der Waals surface area contributed by atoms with Gasteiger partial charge >= 0.3 is 0 Å². The third-order valence-electron chi connectivity index (χ3n) is 2.36. The molecule has 0 bridgehead atoms. The van der Waals surface area contributed by atoms with Crippen molar-refractivity contribution in [2.45, 2.75) is 12.4 Å². The first kappa shape index (κ1) is 14.5. The fourth-order valence-corrected chi connectivity index (χ4v) is 1.94. The predicted molar refractivity (Wildman–Crippen MR) is 68.7 cm³/mol. The van der Waals surface area contributed by atoms with E-state index in [2.05, 4.69) is 5.32 Å². The summed E-state index contributed by atoms with van der Waals surface area (Å²) in [5.74, 6) is -0.679. The number of nitrogens with one attached hydrogen (secondary N) is 1. The van der Waals surface area contributed by atoms with Crippen molar-refractivity contribution in [2.75, 3.05) is 18.0 Å². The minimum Gasteiger partial charge on any atom is -0.399 e. The van der Waals surface area contributed by atoms with Crippen molar-refractivity contribution in [1.29, 1.82) is 0 Å². The third-order valence-corrected chi connectivity index (χ3v) is 4.18. The van der Waals surface area contributed by atoms with Gasteiger partial charge in [0.15, 0.2) is 15.3 Å². The molecule has 1 amide bonds. The number of carbonyl (C=O) groups excluding carboxylic acids is 1. The number of hydrogen-bond acceptors (Lipinski definition) is 5. The molecule has 0 aromatic heterocycles. The number of nitrogens with two attached hydrogens (primary N) is 1. The van der Waals surface area contributed by atoms with Gasteiger partial charge in [-0.25, -0.2) is 8.42 Å². The van der Waals surface area contributed by atoms with E-state index in [-0.39, 0.29) is 18.2 Å². The highest BCUT2D eigenvalue weighted by atomic mass is 32.2. The van der Waals surface area contributed by atoms with Crippen molar-refractivity contribution in [1.82, 2.24) is 5.32 Å². The summed E-state index contributed by atoms with van der Waals surface area (Å²) in [5, 5.41) is 11.4. The van der Waals surface area contributed by atoms with Gasteiger partial charge in [-0.15, -0.1) is 0 Å². The second-order valence-corrected chi connectivity index (χ2v) is 6.26. The van der Waals surface area contributed by atoms with Crippen molar-refractivity contribution in [3.8, 4) is 0 Å². The van der Waals surface area contributed by atoms with Gasteiger partial charge in [0.25, 0.3) is 5.91 Å². The van der Waals surface area contributed by atoms with Crippen LogP contribution in [0.25, 0.3) is 0 Å². The maximum absolute atomic E-state index is 11.6. The molecule has 0 aliphatic rings. The zero-order chi connectivity index (χ0) is 13.8. The van der Waals surface area contributed by atoms with Crippen LogP contribution in [-0.2, 0) is 9.84 Å². The fourth-order valence-electron chi connectivity index (χ4n) is 1.21. The van der Waals surface area contributed by atoms with E-state index in [0.717, 1.165) is 0 Å². The summed E-state index contributed by atoms with van der Waals surface area (Å²) in [4.78, 5) is 11.6. The molecule has 0 radical (unpaired) electrons. The van der Waals surface area contributed by atoms with Crippen molar-refractivity contribution in [3.05, 3.63) is 29.8 Å². The molecule has 1 atom stereocenters. The van der Waals surface area contributed by atoms with E-state index in [1.165, 1.54) is 6.92 Å². The number of sulfone groups is 1. The lowest BCUT2D eigenvalue weighted by atomic mass is 10.2. The second-order valence-electron chi connectivity index (χ2n) is 3.84. The molecular weight excluding hydrogens is 256 g/mol. The van der Waals surface area contributed by atoms with E-state index in [4.69, 9.17) is 10.8 Å². The second kappa shape index (κ2) is 5.83. The molecule has 7 heteroatoms. The van der Waals surface area contributed by atoms with Gasteiger partial charge in [0, 0.05) is 17.8 Å². The maximum Gasteiger partial charge on any atom is 0.251 e. The molecule has 0 spiro atoms. The summed E-state index contributed by atoms with van der Waals surface area (Å²) >= 11 is 0. The van der Waals surface area contributed by atoms with Gasteiger partial charge < -0.3 is 16.2 Å². The van der Waals surface area contributed by atoms with Crippen LogP contribution < -0.4 is 11.1 Å². The summed E-state index contributed by atoms with van der Waals surface area (Å²) in [5.41, 5.74) is 5.00. The molecule has 6 nitrogen and oxygen atoms in total. The Morgan fingerprint density at radius 1 is 1.39 bits per heavy atom. The van der Waals surface area contributed by atoms with Gasteiger partial charge in [-0.3, -0.25) is 4.79 Å². The molecule has 1 aromatic carbocycles. The smallest absolute Gasteiger partial charge is 0.251 e. The molecule has 0 aliphatic heterocycles. The van der Waals surface area contributed by atoms with Gasteiger partial charge in [0.1, 0.15) is 0 Å². The number of aliphatic hydroxyl groups is 1. The molecule has 0 aliphatic carbocycles. The molecular formula is C11H16N2O4S.